The zero-order valence-electron chi connectivity index (χ0n) is 16.9. The van der Waals surface area contributed by atoms with Gasteiger partial charge in [0, 0.05) is 25.0 Å². The van der Waals surface area contributed by atoms with E-state index in [1.165, 1.54) is 16.7 Å². The highest BCUT2D eigenvalue weighted by Crippen LogP contribution is 2.41. The van der Waals surface area contributed by atoms with Crippen molar-refractivity contribution in [1.29, 1.82) is 0 Å². The van der Waals surface area contributed by atoms with Gasteiger partial charge in [0.25, 0.3) is 0 Å². The summed E-state index contributed by atoms with van der Waals surface area (Å²) in [6.07, 6.45) is 13.8. The summed E-state index contributed by atoms with van der Waals surface area (Å²) in [5.74, 6) is 0.653. The second-order valence-corrected chi connectivity index (χ2v) is 12.1. The molecule has 5 nitrogen and oxygen atoms in total. The van der Waals surface area contributed by atoms with E-state index in [9.17, 15) is 8.42 Å². The molecule has 3 unspecified atom stereocenters. The van der Waals surface area contributed by atoms with Crippen LogP contribution in [0.5, 0.6) is 0 Å². The molecule has 5 rings (SSSR count). The molecular weight excluding hydrogens is 450 g/mol. The second kappa shape index (κ2) is 8.54. The van der Waals surface area contributed by atoms with Crippen LogP contribution in [-0.4, -0.2) is 24.0 Å². The van der Waals surface area contributed by atoms with E-state index in [0.29, 0.717) is 20.4 Å². The lowest BCUT2D eigenvalue weighted by atomic mass is 9.92. The third kappa shape index (κ3) is 4.51. The predicted molar refractivity (Wildman–Crippen MR) is 125 cm³/mol. The van der Waals surface area contributed by atoms with Crippen molar-refractivity contribution in [3.05, 3.63) is 76.2 Å². The van der Waals surface area contributed by atoms with Crippen molar-refractivity contribution in [1.82, 2.24) is 14.3 Å². The molecule has 2 bridgehead atoms. The van der Waals surface area contributed by atoms with Gasteiger partial charge in [-0.25, -0.2) is 18.1 Å². The monoisotopic (exact) mass is 473 g/mol. The third-order valence-electron chi connectivity index (χ3n) is 6.41. The van der Waals surface area contributed by atoms with Crippen molar-refractivity contribution >= 4 is 39.0 Å². The van der Waals surface area contributed by atoms with E-state index < -0.39 is 10.0 Å². The number of sulfonamides is 1. The van der Waals surface area contributed by atoms with Crippen LogP contribution in [0, 0.1) is 11.8 Å². The maximum atomic E-state index is 12.9. The van der Waals surface area contributed by atoms with Gasteiger partial charge in [-0.3, -0.25) is 0 Å². The molecule has 1 saturated carbocycles. The predicted octanol–water partition coefficient (Wildman–Crippen LogP) is 4.78. The summed E-state index contributed by atoms with van der Waals surface area (Å²) in [7, 11) is -3.54. The molecule has 0 spiro atoms. The van der Waals surface area contributed by atoms with Crippen LogP contribution in [0.25, 0.3) is 6.08 Å². The first-order valence-corrected chi connectivity index (χ1v) is 13.2. The number of thiophene rings is 1. The molecule has 8 heteroatoms. The first-order valence-electron chi connectivity index (χ1n) is 10.5. The third-order valence-corrected chi connectivity index (χ3v) is 9.59. The lowest BCUT2D eigenvalue weighted by Crippen LogP contribution is -2.41. The summed E-state index contributed by atoms with van der Waals surface area (Å²) < 4.78 is 31.7. The fourth-order valence-corrected chi connectivity index (χ4v) is 7.78. The van der Waals surface area contributed by atoms with E-state index in [0.717, 1.165) is 43.6 Å². The van der Waals surface area contributed by atoms with Gasteiger partial charge in [-0.1, -0.05) is 42.0 Å². The van der Waals surface area contributed by atoms with E-state index in [-0.39, 0.29) is 6.04 Å². The van der Waals surface area contributed by atoms with Gasteiger partial charge in [0.05, 0.1) is 10.7 Å². The Hall–Kier alpha value is -1.93. The fourth-order valence-electron chi connectivity index (χ4n) is 4.91. The topological polar surface area (TPSA) is 64.0 Å². The van der Waals surface area contributed by atoms with Crippen LogP contribution in [0.3, 0.4) is 0 Å². The lowest BCUT2D eigenvalue weighted by Gasteiger charge is -2.23. The Morgan fingerprint density at radius 1 is 1.16 bits per heavy atom. The van der Waals surface area contributed by atoms with Gasteiger partial charge in [0.2, 0.25) is 10.0 Å². The summed E-state index contributed by atoms with van der Waals surface area (Å²) in [4.78, 5) is 4.07. The number of benzene rings is 1. The van der Waals surface area contributed by atoms with Crippen molar-refractivity contribution in [3.63, 3.8) is 0 Å². The van der Waals surface area contributed by atoms with Crippen LogP contribution in [0.2, 0.25) is 4.34 Å². The van der Waals surface area contributed by atoms with Crippen molar-refractivity contribution < 1.29 is 8.42 Å². The highest BCUT2D eigenvalue weighted by atomic mass is 35.5. The van der Waals surface area contributed by atoms with Crippen molar-refractivity contribution in [2.45, 2.75) is 42.5 Å². The standard InChI is InChI=1S/C23H24ClN3O2S2/c24-21-7-8-22(30-21)31(28,29)26-23-18-5-6-19(23)14-20-12-16(3-4-17(20)13-18)2-1-10-27-11-9-25-15-27/h1-4,7-9,11-12,15,18-19,23,26H,5-6,10,13-14H2/b2-1+. The highest BCUT2D eigenvalue weighted by molar-refractivity contribution is 7.91. The summed E-state index contributed by atoms with van der Waals surface area (Å²) in [5.41, 5.74) is 3.88. The number of halogens is 1. The van der Waals surface area contributed by atoms with Gasteiger partial charge in [-0.15, -0.1) is 11.3 Å². The Balaban J connectivity index is 1.33. The largest absolute Gasteiger partial charge is 0.334 e. The smallest absolute Gasteiger partial charge is 0.250 e. The molecule has 2 aromatic heterocycles. The molecule has 0 radical (unpaired) electrons. The molecule has 1 fully saturated rings. The van der Waals surface area contributed by atoms with Gasteiger partial charge in [0.1, 0.15) is 4.21 Å². The fraction of sp³-hybridized carbons (Fsp3) is 0.348. The SMILES string of the molecule is O=S(=O)(NC1C2CCC1Cc1cc(/C=C/Cn3ccnc3)ccc1C2)c1ccc(Cl)s1. The number of hydrogen-bond donors (Lipinski definition) is 1. The zero-order valence-corrected chi connectivity index (χ0v) is 19.3. The van der Waals surface area contributed by atoms with E-state index in [2.05, 4.69) is 40.1 Å². The van der Waals surface area contributed by atoms with Gasteiger partial charge >= 0.3 is 0 Å². The molecule has 162 valence electrons. The number of imidazole rings is 1. The Morgan fingerprint density at radius 3 is 2.68 bits per heavy atom. The molecule has 0 amide bonds. The Labute approximate surface area is 191 Å². The Bertz CT molecular complexity index is 1200. The van der Waals surface area contributed by atoms with Crippen LogP contribution in [-0.2, 0) is 29.4 Å². The Morgan fingerprint density at radius 2 is 1.97 bits per heavy atom. The highest BCUT2D eigenvalue weighted by Gasteiger charge is 2.41. The number of aromatic nitrogens is 2. The maximum absolute atomic E-state index is 12.9. The lowest BCUT2D eigenvalue weighted by molar-refractivity contribution is 0.386. The van der Waals surface area contributed by atoms with Gasteiger partial charge < -0.3 is 4.57 Å². The molecule has 31 heavy (non-hydrogen) atoms. The van der Waals surface area contributed by atoms with E-state index >= 15 is 0 Å². The summed E-state index contributed by atoms with van der Waals surface area (Å²) in [6, 6.07) is 9.85. The van der Waals surface area contributed by atoms with E-state index in [4.69, 9.17) is 11.6 Å². The molecule has 2 heterocycles. The van der Waals surface area contributed by atoms with E-state index in [1.807, 2.05) is 17.1 Å². The van der Waals surface area contributed by atoms with Crippen molar-refractivity contribution in [2.24, 2.45) is 11.8 Å². The van der Waals surface area contributed by atoms with Crippen LogP contribution >= 0.6 is 22.9 Å². The zero-order chi connectivity index (χ0) is 21.4. The minimum Gasteiger partial charge on any atom is -0.334 e. The van der Waals surface area contributed by atoms with Crippen LogP contribution in [0.15, 0.2) is 59.3 Å². The maximum Gasteiger partial charge on any atom is 0.250 e. The molecule has 3 atom stereocenters. The minimum atomic E-state index is -3.54. The number of allylic oxidation sites excluding steroid dienone is 1. The van der Waals surface area contributed by atoms with Crippen LogP contribution in [0.4, 0.5) is 0 Å². The summed E-state index contributed by atoms with van der Waals surface area (Å²) in [5, 5.41) is 0. The molecule has 3 aromatic rings. The quantitative estimate of drug-likeness (QED) is 0.560. The first-order chi connectivity index (χ1) is 15.0. The molecule has 0 aliphatic heterocycles. The average Bonchev–Trinajstić information content (AvgIpc) is 3.45. The molecule has 0 saturated heterocycles. The summed E-state index contributed by atoms with van der Waals surface area (Å²) in [6.45, 7) is 0.790. The normalized spacial score (nSPS) is 23.2. The Kier molecular flexibility index (Phi) is 5.77. The number of fused-ring (bicyclic) bond motifs is 3. The van der Waals surface area contributed by atoms with Gasteiger partial charge in [-0.05, 0) is 66.3 Å². The molecule has 2 aliphatic carbocycles. The van der Waals surface area contributed by atoms with E-state index in [1.54, 1.807) is 18.3 Å². The summed E-state index contributed by atoms with van der Waals surface area (Å²) >= 11 is 7.07. The number of rotatable bonds is 6. The molecule has 1 aromatic carbocycles. The van der Waals surface area contributed by atoms with Crippen molar-refractivity contribution in [3.8, 4) is 0 Å². The first kappa shape index (κ1) is 20.9. The molecule has 2 aliphatic rings. The molecule has 1 N–H and O–H groups in total. The number of nitrogens with zero attached hydrogens (tertiary/aromatic N) is 2. The van der Waals surface area contributed by atoms with Crippen molar-refractivity contribution in [2.75, 3.05) is 0 Å². The molecular formula is C23H24ClN3O2S2. The number of hydrogen-bond acceptors (Lipinski definition) is 4. The van der Waals surface area contributed by atoms with Gasteiger partial charge in [-0.2, -0.15) is 0 Å². The number of nitrogens with one attached hydrogen (secondary N) is 1. The van der Waals surface area contributed by atoms with Crippen LogP contribution < -0.4 is 4.72 Å². The van der Waals surface area contributed by atoms with Crippen LogP contribution in [0.1, 0.15) is 29.5 Å². The van der Waals surface area contributed by atoms with Gasteiger partial charge in [0.15, 0.2) is 0 Å². The second-order valence-electron chi connectivity index (χ2n) is 8.40. The minimum absolute atomic E-state index is 0.0292. The average molecular weight is 474 g/mol.